The first-order chi connectivity index (χ1) is 10.5. The third-order valence-electron chi connectivity index (χ3n) is 3.41. The van der Waals surface area contributed by atoms with Crippen LogP contribution in [0.5, 0.6) is 11.5 Å². The molecule has 120 valence electrons. The number of halogens is 1. The van der Waals surface area contributed by atoms with Crippen LogP contribution in [-0.2, 0) is 0 Å². The molecule has 0 aliphatic carbocycles. The molecular formula is C18H24BrO2P. The average molecular weight is 383 g/mol. The van der Waals surface area contributed by atoms with Crippen molar-refractivity contribution in [3.8, 4) is 11.5 Å². The van der Waals surface area contributed by atoms with E-state index in [1.807, 2.05) is 24.3 Å². The van der Waals surface area contributed by atoms with Gasteiger partial charge in [-0.15, -0.1) is 0 Å². The fourth-order valence-corrected chi connectivity index (χ4v) is 6.04. The fourth-order valence-electron chi connectivity index (χ4n) is 2.08. The van der Waals surface area contributed by atoms with Crippen molar-refractivity contribution < 1.29 is 9.05 Å². The van der Waals surface area contributed by atoms with Crippen molar-refractivity contribution in [2.75, 3.05) is 6.16 Å². The Bertz CT molecular complexity index is 534. The Morgan fingerprint density at radius 1 is 0.818 bits per heavy atom. The molecule has 2 rings (SSSR count). The van der Waals surface area contributed by atoms with Gasteiger partial charge in [0.05, 0.1) is 0 Å². The maximum atomic E-state index is 6.23. The second-order valence-electron chi connectivity index (χ2n) is 5.59. The zero-order valence-electron chi connectivity index (χ0n) is 13.4. The van der Waals surface area contributed by atoms with Crippen LogP contribution in [-0.4, -0.2) is 6.16 Å². The van der Waals surface area contributed by atoms with Crippen LogP contribution >= 0.6 is 21.9 Å². The van der Waals surface area contributed by atoms with Gasteiger partial charge in [-0.2, -0.15) is 0 Å². The normalized spacial score (nSPS) is 12.0. The van der Waals surface area contributed by atoms with Gasteiger partial charge in [0.15, 0.2) is 0 Å². The zero-order chi connectivity index (χ0) is 16.0. The van der Waals surface area contributed by atoms with Gasteiger partial charge in [-0.1, -0.05) is 0 Å². The van der Waals surface area contributed by atoms with Crippen LogP contribution in [0, 0.1) is 13.8 Å². The summed E-state index contributed by atoms with van der Waals surface area (Å²) < 4.78 is 12.5. The number of benzene rings is 2. The standard InChI is InChI=1S/C18H24BrO2P/c1-4-5-14-22(19,20-17-10-6-15(2)7-11-17)21-18-12-8-16(3)9-13-18/h6-13,22H,4-5,14H2,1-3H3. The van der Waals surface area contributed by atoms with Gasteiger partial charge in [0.25, 0.3) is 0 Å². The van der Waals surface area contributed by atoms with Crippen molar-refractivity contribution in [2.24, 2.45) is 0 Å². The molecule has 0 aliphatic heterocycles. The Labute approximate surface area is 142 Å². The van der Waals surface area contributed by atoms with Crippen LogP contribution < -0.4 is 9.05 Å². The van der Waals surface area contributed by atoms with Crippen LogP contribution in [0.3, 0.4) is 0 Å². The van der Waals surface area contributed by atoms with E-state index in [1.165, 1.54) is 11.1 Å². The molecule has 0 aliphatic rings. The first kappa shape index (κ1) is 17.3. The number of aryl methyl sites for hydroxylation is 2. The van der Waals surface area contributed by atoms with Gasteiger partial charge in [-0.05, 0) is 0 Å². The Hall–Kier alpha value is -1.05. The summed E-state index contributed by atoms with van der Waals surface area (Å²) in [6.07, 6.45) is 0.632. The third kappa shape index (κ3) is 5.30. The molecule has 2 nitrogen and oxygen atoms in total. The number of hydrogen-bond acceptors (Lipinski definition) is 2. The molecule has 0 saturated carbocycles. The quantitative estimate of drug-likeness (QED) is 0.512. The average Bonchev–Trinajstić information content (AvgIpc) is 2.50. The van der Waals surface area contributed by atoms with E-state index < -0.39 is 6.42 Å². The molecule has 0 atom stereocenters. The molecule has 0 N–H and O–H groups in total. The van der Waals surface area contributed by atoms with Gasteiger partial charge < -0.3 is 0 Å². The van der Waals surface area contributed by atoms with Crippen LogP contribution in [0.4, 0.5) is 0 Å². The summed E-state index contributed by atoms with van der Waals surface area (Å²) >= 11 is 3.79. The van der Waals surface area contributed by atoms with Crippen LogP contribution in [0.15, 0.2) is 48.5 Å². The summed E-state index contributed by atoms with van der Waals surface area (Å²) in [7, 11) is 0. The van der Waals surface area contributed by atoms with Crippen molar-refractivity contribution >= 4 is 21.9 Å². The van der Waals surface area contributed by atoms with Crippen molar-refractivity contribution in [1.29, 1.82) is 0 Å². The first-order valence-electron chi connectivity index (χ1n) is 7.71. The SMILES string of the molecule is CCCC[PH](Br)(Oc1ccc(C)cc1)Oc1ccc(C)cc1. The summed E-state index contributed by atoms with van der Waals surface area (Å²) in [6.45, 7) is 6.32. The van der Waals surface area contributed by atoms with Crippen molar-refractivity contribution in [1.82, 2.24) is 0 Å². The van der Waals surface area contributed by atoms with Crippen molar-refractivity contribution in [3.63, 3.8) is 0 Å². The van der Waals surface area contributed by atoms with E-state index in [-0.39, 0.29) is 0 Å². The minimum atomic E-state index is -2.47. The Kier molecular flexibility index (Phi) is 6.28. The van der Waals surface area contributed by atoms with E-state index >= 15 is 0 Å². The maximum absolute atomic E-state index is 6.23. The molecule has 0 amide bonds. The van der Waals surface area contributed by atoms with Crippen molar-refractivity contribution in [3.05, 3.63) is 59.7 Å². The molecule has 4 heteroatoms. The topological polar surface area (TPSA) is 18.5 Å². The van der Waals surface area contributed by atoms with Gasteiger partial charge in [0.2, 0.25) is 0 Å². The van der Waals surface area contributed by atoms with Gasteiger partial charge in [-0.3, -0.25) is 0 Å². The van der Waals surface area contributed by atoms with Gasteiger partial charge in [0, 0.05) is 0 Å². The van der Waals surface area contributed by atoms with E-state index in [0.717, 1.165) is 30.5 Å². The molecule has 0 spiro atoms. The second-order valence-corrected chi connectivity index (χ2v) is 11.4. The molecule has 2 aromatic carbocycles. The Morgan fingerprint density at radius 3 is 1.59 bits per heavy atom. The molecule has 0 fully saturated rings. The van der Waals surface area contributed by atoms with Gasteiger partial charge >= 0.3 is 142 Å². The van der Waals surface area contributed by atoms with Gasteiger partial charge in [-0.25, -0.2) is 0 Å². The third-order valence-corrected chi connectivity index (χ3v) is 7.60. The monoisotopic (exact) mass is 382 g/mol. The first-order valence-corrected chi connectivity index (χ1v) is 12.0. The Morgan fingerprint density at radius 2 is 1.23 bits per heavy atom. The molecule has 22 heavy (non-hydrogen) atoms. The zero-order valence-corrected chi connectivity index (χ0v) is 16.0. The molecule has 0 aromatic heterocycles. The van der Waals surface area contributed by atoms with E-state index in [0.29, 0.717) is 0 Å². The van der Waals surface area contributed by atoms with Crippen LogP contribution in [0.25, 0.3) is 0 Å². The molecular weight excluding hydrogens is 359 g/mol. The second kappa shape index (κ2) is 7.99. The predicted molar refractivity (Wildman–Crippen MR) is 101 cm³/mol. The van der Waals surface area contributed by atoms with E-state index in [9.17, 15) is 0 Å². The number of hydrogen-bond donors (Lipinski definition) is 0. The molecule has 0 radical (unpaired) electrons. The number of unbranched alkanes of at least 4 members (excludes halogenated alkanes) is 1. The van der Waals surface area contributed by atoms with E-state index in [4.69, 9.17) is 9.05 Å². The van der Waals surface area contributed by atoms with Crippen LogP contribution in [0.1, 0.15) is 30.9 Å². The Balaban J connectivity index is 2.14. The fraction of sp³-hybridized carbons (Fsp3) is 0.333. The van der Waals surface area contributed by atoms with E-state index in [2.05, 4.69) is 60.5 Å². The molecule has 0 unspecified atom stereocenters. The molecule has 2 aromatic rings. The van der Waals surface area contributed by atoms with Gasteiger partial charge in [0.1, 0.15) is 0 Å². The molecule has 0 saturated heterocycles. The summed E-state index contributed by atoms with van der Waals surface area (Å²) in [6, 6.07) is 16.2. The summed E-state index contributed by atoms with van der Waals surface area (Å²) in [5, 5.41) is 0. The van der Waals surface area contributed by atoms with E-state index in [1.54, 1.807) is 0 Å². The summed E-state index contributed by atoms with van der Waals surface area (Å²) in [4.78, 5) is 0. The van der Waals surface area contributed by atoms with Crippen LogP contribution in [0.2, 0.25) is 0 Å². The molecule has 0 bridgehead atoms. The summed E-state index contributed by atoms with van der Waals surface area (Å²) in [5.74, 6) is 1.72. The molecule has 0 heterocycles. The minimum absolute atomic E-state index is 0.859. The number of rotatable bonds is 7. The van der Waals surface area contributed by atoms with Crippen molar-refractivity contribution in [2.45, 2.75) is 33.6 Å². The predicted octanol–water partition coefficient (Wildman–Crippen LogP) is 6.45. The summed E-state index contributed by atoms with van der Waals surface area (Å²) in [5.41, 5.74) is 2.45.